The van der Waals surface area contributed by atoms with Crippen LogP contribution in [0.5, 0.6) is 0 Å². The van der Waals surface area contributed by atoms with Gasteiger partial charge in [-0.3, -0.25) is 14.9 Å². The summed E-state index contributed by atoms with van der Waals surface area (Å²) in [4.78, 5) is 11.3. The Morgan fingerprint density at radius 3 is 2.85 bits per heavy atom. The first-order valence-corrected chi connectivity index (χ1v) is 9.74. The molecule has 8 nitrogen and oxygen atoms in total. The summed E-state index contributed by atoms with van der Waals surface area (Å²) < 4.78 is 2.08. The number of hydrogen-bond donors (Lipinski definition) is 2. The second-order valence-electron chi connectivity index (χ2n) is 6.81. The van der Waals surface area contributed by atoms with Crippen molar-refractivity contribution in [3.05, 3.63) is 42.2 Å². The van der Waals surface area contributed by atoms with Gasteiger partial charge in [0.1, 0.15) is 12.2 Å². The lowest BCUT2D eigenvalue weighted by Crippen LogP contribution is -2.49. The molecule has 0 bridgehead atoms. The van der Waals surface area contributed by atoms with Gasteiger partial charge in [-0.05, 0) is 25.0 Å². The van der Waals surface area contributed by atoms with E-state index in [1.165, 1.54) is 0 Å². The van der Waals surface area contributed by atoms with Gasteiger partial charge in [0.2, 0.25) is 0 Å². The lowest BCUT2D eigenvalue weighted by molar-refractivity contribution is 0.196. The second-order valence-corrected chi connectivity index (χ2v) is 6.81. The van der Waals surface area contributed by atoms with Gasteiger partial charge < -0.3 is 15.2 Å². The van der Waals surface area contributed by atoms with Gasteiger partial charge in [-0.15, -0.1) is 10.2 Å². The Hall–Kier alpha value is -2.48. The van der Waals surface area contributed by atoms with Crippen LogP contribution in [-0.2, 0) is 19.5 Å². The van der Waals surface area contributed by atoms with E-state index in [0.717, 1.165) is 69.5 Å². The molecule has 2 N–H and O–H groups in total. The summed E-state index contributed by atoms with van der Waals surface area (Å²) in [6.45, 7) is 6.80. The summed E-state index contributed by atoms with van der Waals surface area (Å²) in [7, 11) is 1.82. The maximum atomic E-state index is 4.42. The summed E-state index contributed by atoms with van der Waals surface area (Å²) in [6.07, 6.45) is 6.76. The number of piperidine rings is 1. The minimum absolute atomic E-state index is 0.456. The number of nitrogens with zero attached hydrogens (tertiary/aromatic N) is 6. The van der Waals surface area contributed by atoms with Gasteiger partial charge in [-0.25, -0.2) is 0 Å². The van der Waals surface area contributed by atoms with Gasteiger partial charge >= 0.3 is 0 Å². The summed E-state index contributed by atoms with van der Waals surface area (Å²) in [5, 5.41) is 15.0. The van der Waals surface area contributed by atoms with E-state index < -0.39 is 0 Å². The molecule has 8 heteroatoms. The molecule has 2 aromatic heterocycles. The minimum Gasteiger partial charge on any atom is -0.355 e. The summed E-state index contributed by atoms with van der Waals surface area (Å²) in [6, 6.07) is 6.56. The number of nitrogens with one attached hydrogen (secondary N) is 2. The molecule has 2 aromatic rings. The summed E-state index contributed by atoms with van der Waals surface area (Å²) >= 11 is 0. The van der Waals surface area contributed by atoms with Crippen molar-refractivity contribution in [1.82, 2.24) is 35.3 Å². The summed E-state index contributed by atoms with van der Waals surface area (Å²) in [5.41, 5.74) is 1.14. The number of rotatable bonds is 7. The van der Waals surface area contributed by atoms with Gasteiger partial charge in [0.15, 0.2) is 5.96 Å². The Kier molecular flexibility index (Phi) is 7.15. The molecule has 0 aliphatic carbocycles. The van der Waals surface area contributed by atoms with Gasteiger partial charge in [0.25, 0.3) is 0 Å². The maximum Gasteiger partial charge on any atom is 0.191 e. The Labute approximate surface area is 161 Å². The Morgan fingerprint density at radius 2 is 2.15 bits per heavy atom. The topological polar surface area (TPSA) is 83.3 Å². The first-order valence-electron chi connectivity index (χ1n) is 9.74. The minimum atomic E-state index is 0.456. The van der Waals surface area contributed by atoms with Crippen LogP contribution in [0.1, 0.15) is 31.3 Å². The van der Waals surface area contributed by atoms with E-state index in [4.69, 9.17) is 0 Å². The number of aliphatic imine (C=N–C) groups is 1. The van der Waals surface area contributed by atoms with E-state index in [9.17, 15) is 0 Å². The maximum absolute atomic E-state index is 4.42. The van der Waals surface area contributed by atoms with Crippen molar-refractivity contribution in [2.45, 2.75) is 45.3 Å². The highest BCUT2D eigenvalue weighted by Gasteiger charge is 2.20. The molecule has 0 saturated carbocycles. The van der Waals surface area contributed by atoms with E-state index in [2.05, 4.69) is 59.3 Å². The molecule has 1 aliphatic rings. The van der Waals surface area contributed by atoms with Crippen molar-refractivity contribution in [1.29, 1.82) is 0 Å². The van der Waals surface area contributed by atoms with Crippen LogP contribution in [-0.4, -0.2) is 63.3 Å². The van der Waals surface area contributed by atoms with E-state index in [0.29, 0.717) is 6.04 Å². The number of pyridine rings is 1. The summed E-state index contributed by atoms with van der Waals surface area (Å²) in [5.74, 6) is 1.88. The van der Waals surface area contributed by atoms with Crippen LogP contribution < -0.4 is 10.6 Å². The normalized spacial score (nSPS) is 16.4. The first-order chi connectivity index (χ1) is 13.3. The van der Waals surface area contributed by atoms with Crippen molar-refractivity contribution in [3.8, 4) is 0 Å². The predicted octanol–water partition coefficient (Wildman–Crippen LogP) is 1.07. The zero-order chi connectivity index (χ0) is 18.9. The third kappa shape index (κ3) is 5.75. The molecule has 0 amide bonds. The number of aryl methyl sites for hydroxylation is 1. The quantitative estimate of drug-likeness (QED) is 0.560. The molecule has 1 saturated heterocycles. The lowest BCUT2D eigenvalue weighted by Gasteiger charge is -2.32. The second kappa shape index (κ2) is 10.0. The molecule has 27 heavy (non-hydrogen) atoms. The van der Waals surface area contributed by atoms with E-state index in [-0.39, 0.29) is 0 Å². The van der Waals surface area contributed by atoms with Gasteiger partial charge in [-0.1, -0.05) is 13.0 Å². The van der Waals surface area contributed by atoms with Gasteiger partial charge in [0, 0.05) is 58.4 Å². The molecule has 3 heterocycles. The molecular weight excluding hydrogens is 340 g/mol. The highest BCUT2D eigenvalue weighted by molar-refractivity contribution is 5.79. The molecule has 3 rings (SSSR count). The number of aromatic nitrogens is 4. The van der Waals surface area contributed by atoms with Crippen LogP contribution in [0.4, 0.5) is 0 Å². The molecule has 0 aromatic carbocycles. The fraction of sp³-hybridized carbons (Fsp3) is 0.579. The Morgan fingerprint density at radius 1 is 1.30 bits per heavy atom. The van der Waals surface area contributed by atoms with Crippen LogP contribution in [0.2, 0.25) is 0 Å². The largest absolute Gasteiger partial charge is 0.355 e. The SMILES string of the molecule is CCc1nncn1CCNC(=NC)NC1CCN(Cc2ccccn2)CC1. The van der Waals surface area contributed by atoms with Crippen molar-refractivity contribution in [3.63, 3.8) is 0 Å². The lowest BCUT2D eigenvalue weighted by atomic mass is 10.1. The zero-order valence-corrected chi connectivity index (χ0v) is 16.3. The Bertz CT molecular complexity index is 704. The van der Waals surface area contributed by atoms with Crippen LogP contribution in [0, 0.1) is 0 Å². The molecule has 0 atom stereocenters. The number of hydrogen-bond acceptors (Lipinski definition) is 5. The molecule has 0 unspecified atom stereocenters. The molecule has 1 fully saturated rings. The fourth-order valence-corrected chi connectivity index (χ4v) is 3.38. The Balaban J connectivity index is 1.38. The van der Waals surface area contributed by atoms with Crippen molar-refractivity contribution in [2.24, 2.45) is 4.99 Å². The van der Waals surface area contributed by atoms with Crippen molar-refractivity contribution < 1.29 is 0 Å². The van der Waals surface area contributed by atoms with Gasteiger partial charge in [-0.2, -0.15) is 0 Å². The monoisotopic (exact) mass is 370 g/mol. The van der Waals surface area contributed by atoms with E-state index in [1.807, 2.05) is 19.3 Å². The smallest absolute Gasteiger partial charge is 0.191 e. The zero-order valence-electron chi connectivity index (χ0n) is 16.3. The highest BCUT2D eigenvalue weighted by atomic mass is 15.3. The standard InChI is InChI=1S/C19H30N8/c1-3-18-25-23-15-27(18)13-10-22-19(20-2)24-16-7-11-26(12-8-16)14-17-6-4-5-9-21-17/h4-6,9,15-16H,3,7-8,10-14H2,1-2H3,(H2,20,22,24). The van der Waals surface area contributed by atoms with Crippen LogP contribution >= 0.6 is 0 Å². The van der Waals surface area contributed by atoms with Crippen LogP contribution in [0.15, 0.2) is 35.7 Å². The third-order valence-electron chi connectivity index (χ3n) is 4.92. The van der Waals surface area contributed by atoms with E-state index in [1.54, 1.807) is 6.33 Å². The molecular formula is C19H30N8. The van der Waals surface area contributed by atoms with Crippen LogP contribution in [0.3, 0.4) is 0 Å². The van der Waals surface area contributed by atoms with Crippen LogP contribution in [0.25, 0.3) is 0 Å². The average Bonchev–Trinajstić information content (AvgIpc) is 3.17. The highest BCUT2D eigenvalue weighted by Crippen LogP contribution is 2.12. The predicted molar refractivity (Wildman–Crippen MR) is 106 cm³/mol. The van der Waals surface area contributed by atoms with Crippen molar-refractivity contribution >= 4 is 5.96 Å². The molecule has 146 valence electrons. The average molecular weight is 371 g/mol. The fourth-order valence-electron chi connectivity index (χ4n) is 3.38. The molecule has 1 aliphatic heterocycles. The molecule has 0 radical (unpaired) electrons. The number of guanidine groups is 1. The van der Waals surface area contributed by atoms with Gasteiger partial charge in [0.05, 0.1) is 5.69 Å². The van der Waals surface area contributed by atoms with E-state index >= 15 is 0 Å². The third-order valence-corrected chi connectivity index (χ3v) is 4.92. The number of likely N-dealkylation sites (tertiary alicyclic amines) is 1. The first kappa shape index (κ1) is 19.3. The molecule has 0 spiro atoms. The van der Waals surface area contributed by atoms with Crippen molar-refractivity contribution in [2.75, 3.05) is 26.7 Å².